The number of anilines is 1. The van der Waals surface area contributed by atoms with E-state index in [2.05, 4.69) is 11.3 Å². The Bertz CT molecular complexity index is 860. The molecule has 0 saturated carbocycles. The van der Waals surface area contributed by atoms with Crippen molar-refractivity contribution in [2.75, 3.05) is 4.72 Å². The molecule has 1 amide bonds. The number of amides is 1. The van der Waals surface area contributed by atoms with Crippen molar-refractivity contribution in [3.63, 3.8) is 0 Å². The Balaban J connectivity index is 2.33. The predicted octanol–water partition coefficient (Wildman–Crippen LogP) is 2.31. The van der Waals surface area contributed by atoms with Gasteiger partial charge in [-0.1, -0.05) is 30.8 Å². The molecule has 0 atom stereocenters. The topological polar surface area (TPSA) is 95.5 Å². The number of hydroxylamine groups is 1. The highest BCUT2D eigenvalue weighted by Crippen LogP contribution is 2.21. The van der Waals surface area contributed by atoms with Crippen molar-refractivity contribution in [3.8, 4) is 0 Å². The van der Waals surface area contributed by atoms with E-state index in [4.69, 9.17) is 5.21 Å². The first-order chi connectivity index (χ1) is 10.8. The molecule has 2 aromatic carbocycles. The molecule has 6 nitrogen and oxygen atoms in total. The van der Waals surface area contributed by atoms with Gasteiger partial charge in [-0.2, -0.15) is 0 Å². The van der Waals surface area contributed by atoms with E-state index < -0.39 is 15.9 Å². The highest BCUT2D eigenvalue weighted by Gasteiger charge is 2.17. The highest BCUT2D eigenvalue weighted by molar-refractivity contribution is 7.92. The molecule has 2 aromatic rings. The molecule has 0 heterocycles. The Morgan fingerprint density at radius 2 is 1.83 bits per heavy atom. The lowest BCUT2D eigenvalue weighted by molar-refractivity contribution is -0.123. The fourth-order valence-electron chi connectivity index (χ4n) is 1.97. The Kier molecular flexibility index (Phi) is 4.83. The molecule has 0 radical (unpaired) electrons. The van der Waals surface area contributed by atoms with Crippen LogP contribution in [-0.4, -0.2) is 19.5 Å². The molecular weight excluding hydrogens is 316 g/mol. The summed E-state index contributed by atoms with van der Waals surface area (Å²) >= 11 is 0. The maximum Gasteiger partial charge on any atom is 0.274 e. The molecule has 3 N–H and O–H groups in total. The van der Waals surface area contributed by atoms with Crippen molar-refractivity contribution >= 4 is 27.2 Å². The lowest BCUT2D eigenvalue weighted by Crippen LogP contribution is -2.19. The summed E-state index contributed by atoms with van der Waals surface area (Å²) in [5.74, 6) is -0.800. The van der Waals surface area contributed by atoms with E-state index in [-0.39, 0.29) is 10.5 Å². The van der Waals surface area contributed by atoms with Gasteiger partial charge in [0.25, 0.3) is 15.9 Å². The average Bonchev–Trinajstić information content (AvgIpc) is 2.53. The number of nitrogens with one attached hydrogen (secondary N) is 2. The van der Waals surface area contributed by atoms with Crippen LogP contribution in [0.3, 0.4) is 0 Å². The Labute approximate surface area is 134 Å². The molecule has 0 unspecified atom stereocenters. The number of sulfonamides is 1. The number of hydrogen-bond acceptors (Lipinski definition) is 4. The van der Waals surface area contributed by atoms with Crippen molar-refractivity contribution in [1.29, 1.82) is 0 Å². The molecule has 0 spiro atoms. The van der Waals surface area contributed by atoms with Crippen molar-refractivity contribution in [2.45, 2.75) is 11.8 Å². The smallest absolute Gasteiger partial charge is 0.274 e. The molecule has 7 heteroatoms. The van der Waals surface area contributed by atoms with Crippen molar-refractivity contribution in [2.24, 2.45) is 0 Å². The van der Waals surface area contributed by atoms with Crippen LogP contribution in [0.15, 0.2) is 60.0 Å². The predicted molar refractivity (Wildman–Crippen MR) is 87.4 cm³/mol. The standard InChI is InChI=1S/C16H16N2O4S/c1-11-5-3-7-14(9-11)18-23(21,22)15-8-4-6-13(10-15)12(2)16(19)17-20/h3-10,18,20H,2H2,1H3,(H,17,19). The van der Waals surface area contributed by atoms with Crippen LogP contribution in [-0.2, 0) is 14.8 Å². The summed E-state index contributed by atoms with van der Waals surface area (Å²) in [4.78, 5) is 11.4. The summed E-state index contributed by atoms with van der Waals surface area (Å²) in [6.45, 7) is 5.38. The number of aryl methyl sites for hydroxylation is 1. The van der Waals surface area contributed by atoms with Crippen LogP contribution >= 0.6 is 0 Å². The minimum absolute atomic E-state index is 0.0107. The maximum atomic E-state index is 12.4. The second-order valence-electron chi connectivity index (χ2n) is 4.92. The molecule has 0 aromatic heterocycles. The van der Waals surface area contributed by atoms with Gasteiger partial charge in [0.1, 0.15) is 0 Å². The third-order valence-corrected chi connectivity index (χ3v) is 4.52. The number of carbonyl (C=O) groups is 1. The largest absolute Gasteiger partial charge is 0.288 e. The van der Waals surface area contributed by atoms with Crippen LogP contribution in [0.4, 0.5) is 5.69 Å². The number of hydrogen-bond donors (Lipinski definition) is 3. The minimum atomic E-state index is -3.80. The Hall–Kier alpha value is -2.64. The van der Waals surface area contributed by atoms with Crippen LogP contribution in [0, 0.1) is 6.92 Å². The summed E-state index contributed by atoms with van der Waals surface area (Å²) in [5, 5.41) is 8.63. The molecular formula is C16H16N2O4S. The molecule has 23 heavy (non-hydrogen) atoms. The van der Waals surface area contributed by atoms with Crippen LogP contribution in [0.2, 0.25) is 0 Å². The average molecular weight is 332 g/mol. The van der Waals surface area contributed by atoms with Gasteiger partial charge in [-0.3, -0.25) is 14.7 Å². The van der Waals surface area contributed by atoms with Crippen molar-refractivity contribution in [3.05, 3.63) is 66.2 Å². The molecule has 0 aliphatic carbocycles. The second kappa shape index (κ2) is 6.64. The van der Waals surface area contributed by atoms with E-state index in [1.807, 2.05) is 13.0 Å². The number of rotatable bonds is 5. The first-order valence-corrected chi connectivity index (χ1v) is 8.15. The van der Waals surface area contributed by atoms with Gasteiger partial charge in [0.15, 0.2) is 0 Å². The van der Waals surface area contributed by atoms with E-state index in [9.17, 15) is 13.2 Å². The van der Waals surface area contributed by atoms with Gasteiger partial charge in [-0.25, -0.2) is 13.9 Å². The van der Waals surface area contributed by atoms with E-state index in [0.29, 0.717) is 11.3 Å². The van der Waals surface area contributed by atoms with Gasteiger partial charge in [-0.15, -0.1) is 0 Å². The van der Waals surface area contributed by atoms with Gasteiger partial charge in [0.05, 0.1) is 4.90 Å². The third kappa shape index (κ3) is 3.97. The third-order valence-electron chi connectivity index (χ3n) is 3.14. The highest BCUT2D eigenvalue weighted by atomic mass is 32.2. The van der Waals surface area contributed by atoms with E-state index >= 15 is 0 Å². The first kappa shape index (κ1) is 16.7. The lowest BCUT2D eigenvalue weighted by Gasteiger charge is -2.10. The maximum absolute atomic E-state index is 12.4. The summed E-state index contributed by atoms with van der Waals surface area (Å²) in [6.07, 6.45) is 0. The zero-order valence-corrected chi connectivity index (χ0v) is 13.2. The van der Waals surface area contributed by atoms with E-state index in [0.717, 1.165) is 5.56 Å². The zero-order chi connectivity index (χ0) is 17.0. The monoisotopic (exact) mass is 332 g/mol. The summed E-state index contributed by atoms with van der Waals surface area (Å²) in [5.41, 5.74) is 3.09. The molecule has 0 aliphatic heterocycles. The summed E-state index contributed by atoms with van der Waals surface area (Å²) < 4.78 is 27.4. The number of carbonyl (C=O) groups excluding carboxylic acids is 1. The van der Waals surface area contributed by atoms with Crippen LogP contribution < -0.4 is 10.2 Å². The van der Waals surface area contributed by atoms with E-state index in [1.54, 1.807) is 18.2 Å². The molecule has 120 valence electrons. The van der Waals surface area contributed by atoms with Gasteiger partial charge in [0.2, 0.25) is 0 Å². The molecule has 0 bridgehead atoms. The fraction of sp³-hybridized carbons (Fsp3) is 0.0625. The van der Waals surface area contributed by atoms with Gasteiger partial charge in [-0.05, 0) is 42.3 Å². The summed E-state index contributed by atoms with van der Waals surface area (Å²) in [7, 11) is -3.80. The minimum Gasteiger partial charge on any atom is -0.288 e. The quantitative estimate of drug-likeness (QED) is 0.445. The van der Waals surface area contributed by atoms with Crippen LogP contribution in [0.25, 0.3) is 5.57 Å². The zero-order valence-electron chi connectivity index (χ0n) is 12.4. The van der Waals surface area contributed by atoms with E-state index in [1.165, 1.54) is 29.7 Å². The normalized spacial score (nSPS) is 10.9. The van der Waals surface area contributed by atoms with Gasteiger partial charge >= 0.3 is 0 Å². The molecule has 0 fully saturated rings. The van der Waals surface area contributed by atoms with Gasteiger partial charge in [0, 0.05) is 11.3 Å². The Morgan fingerprint density at radius 1 is 1.13 bits per heavy atom. The van der Waals surface area contributed by atoms with Crippen molar-refractivity contribution < 1.29 is 18.4 Å². The van der Waals surface area contributed by atoms with Crippen LogP contribution in [0.1, 0.15) is 11.1 Å². The fourth-order valence-corrected chi connectivity index (χ4v) is 3.07. The second-order valence-corrected chi connectivity index (χ2v) is 6.60. The van der Waals surface area contributed by atoms with Crippen molar-refractivity contribution in [1.82, 2.24) is 5.48 Å². The summed E-state index contributed by atoms with van der Waals surface area (Å²) in [6, 6.07) is 12.7. The molecule has 0 aliphatic rings. The first-order valence-electron chi connectivity index (χ1n) is 6.67. The number of benzene rings is 2. The molecule has 0 saturated heterocycles. The lowest BCUT2D eigenvalue weighted by atomic mass is 10.1. The Morgan fingerprint density at radius 3 is 2.48 bits per heavy atom. The van der Waals surface area contributed by atoms with Gasteiger partial charge < -0.3 is 0 Å². The van der Waals surface area contributed by atoms with Crippen LogP contribution in [0.5, 0.6) is 0 Å². The molecule has 2 rings (SSSR count). The SMILES string of the molecule is C=C(C(=O)NO)c1cccc(S(=O)(=O)Nc2cccc(C)c2)c1.